The number of esters is 2. The largest absolute Gasteiger partial charge is 0.462 e. The van der Waals surface area contributed by atoms with Crippen LogP contribution in [0.4, 0.5) is 5.00 Å². The van der Waals surface area contributed by atoms with Crippen LogP contribution in [0.1, 0.15) is 74.0 Å². The summed E-state index contributed by atoms with van der Waals surface area (Å²) in [7, 11) is 0. The number of anilines is 1. The Bertz CT molecular complexity index is 983. The van der Waals surface area contributed by atoms with Crippen LogP contribution < -0.4 is 5.32 Å². The topological polar surface area (TPSA) is 81.7 Å². The molecule has 166 valence electrons. The summed E-state index contributed by atoms with van der Waals surface area (Å²) in [5.41, 5.74) is 2.67. The number of amides is 1. The van der Waals surface area contributed by atoms with Gasteiger partial charge in [0.2, 0.25) is 0 Å². The second-order valence-electron chi connectivity index (χ2n) is 8.17. The molecule has 8 heteroatoms. The zero-order valence-corrected chi connectivity index (χ0v) is 19.5. The average molecular weight is 462 g/mol. The number of thiophene rings is 2. The fourth-order valence-corrected chi connectivity index (χ4v) is 6.78. The molecule has 0 aromatic carbocycles. The molecule has 4 rings (SSSR count). The number of ether oxygens (including phenoxy) is 2. The Kier molecular flexibility index (Phi) is 6.77. The molecule has 0 unspecified atom stereocenters. The van der Waals surface area contributed by atoms with E-state index in [1.807, 2.05) is 6.07 Å². The molecule has 0 fully saturated rings. The van der Waals surface area contributed by atoms with Crippen LogP contribution in [0.2, 0.25) is 0 Å². The Morgan fingerprint density at radius 1 is 1.06 bits per heavy atom. The molecule has 2 aromatic rings. The lowest BCUT2D eigenvalue weighted by Gasteiger charge is -2.18. The maximum atomic E-state index is 12.6. The molecular formula is C23H27NO5S2. The van der Waals surface area contributed by atoms with Gasteiger partial charge in [-0.15, -0.1) is 22.7 Å². The van der Waals surface area contributed by atoms with Crippen molar-refractivity contribution in [3.8, 4) is 0 Å². The van der Waals surface area contributed by atoms with E-state index < -0.39 is 17.8 Å². The van der Waals surface area contributed by atoms with E-state index in [1.165, 1.54) is 33.1 Å². The van der Waals surface area contributed by atoms with Gasteiger partial charge in [0, 0.05) is 9.75 Å². The van der Waals surface area contributed by atoms with Crippen LogP contribution in [-0.4, -0.2) is 31.1 Å². The van der Waals surface area contributed by atoms with Crippen LogP contribution in [0, 0.1) is 5.92 Å². The van der Waals surface area contributed by atoms with Gasteiger partial charge in [-0.2, -0.15) is 0 Å². The summed E-state index contributed by atoms with van der Waals surface area (Å²) in [5, 5.41) is 3.27. The third-order valence-electron chi connectivity index (χ3n) is 5.78. The monoisotopic (exact) mass is 461 g/mol. The number of hydrogen-bond acceptors (Lipinski definition) is 7. The van der Waals surface area contributed by atoms with E-state index >= 15 is 0 Å². The summed E-state index contributed by atoms with van der Waals surface area (Å²) in [6, 6.07) is 1.90. The number of carbonyl (C=O) groups is 3. The Balaban J connectivity index is 1.42. The van der Waals surface area contributed by atoms with Gasteiger partial charge in [-0.25, -0.2) is 9.59 Å². The fourth-order valence-electron chi connectivity index (χ4n) is 4.21. The first kappa shape index (κ1) is 22.0. The van der Waals surface area contributed by atoms with E-state index in [4.69, 9.17) is 9.47 Å². The zero-order valence-electron chi connectivity index (χ0n) is 17.9. The number of aryl methyl sites for hydroxylation is 2. The van der Waals surface area contributed by atoms with Gasteiger partial charge in [-0.3, -0.25) is 4.79 Å². The Labute approximate surface area is 189 Å². The van der Waals surface area contributed by atoms with E-state index in [9.17, 15) is 14.4 Å². The van der Waals surface area contributed by atoms with Gasteiger partial charge in [-0.1, -0.05) is 6.92 Å². The van der Waals surface area contributed by atoms with E-state index in [0.29, 0.717) is 21.4 Å². The summed E-state index contributed by atoms with van der Waals surface area (Å²) < 4.78 is 10.5. The van der Waals surface area contributed by atoms with Crippen LogP contribution in [-0.2, 0) is 40.0 Å². The molecule has 2 aliphatic carbocycles. The molecule has 0 saturated carbocycles. The van der Waals surface area contributed by atoms with Crippen molar-refractivity contribution in [2.75, 3.05) is 18.5 Å². The van der Waals surface area contributed by atoms with Crippen molar-refractivity contribution in [3.63, 3.8) is 0 Å². The molecule has 6 nitrogen and oxygen atoms in total. The van der Waals surface area contributed by atoms with Gasteiger partial charge >= 0.3 is 11.9 Å². The van der Waals surface area contributed by atoms with Gasteiger partial charge < -0.3 is 14.8 Å². The van der Waals surface area contributed by atoms with Crippen molar-refractivity contribution >= 4 is 45.5 Å². The van der Waals surface area contributed by atoms with Crippen LogP contribution in [0.15, 0.2) is 6.07 Å². The highest BCUT2D eigenvalue weighted by Crippen LogP contribution is 2.40. The average Bonchev–Trinajstić information content (AvgIpc) is 3.33. The number of carbonyl (C=O) groups excluding carboxylic acids is 3. The molecule has 0 spiro atoms. The summed E-state index contributed by atoms with van der Waals surface area (Å²) in [5.74, 6) is -0.792. The van der Waals surface area contributed by atoms with E-state index in [2.05, 4.69) is 12.2 Å². The number of fused-ring (bicyclic) bond motifs is 2. The Hall–Kier alpha value is -2.19. The molecule has 1 amide bonds. The summed E-state index contributed by atoms with van der Waals surface area (Å²) in [4.78, 5) is 40.4. The van der Waals surface area contributed by atoms with Crippen molar-refractivity contribution in [2.45, 2.75) is 58.8 Å². The fraction of sp³-hybridized carbons (Fsp3) is 0.522. The standard InChI is InChI=1S/C23H27NO5S2/c1-3-28-23(27)20-15-9-8-13(2)10-17(15)31-21(20)24-19(25)12-29-22(26)18-11-14-6-4-5-7-16(14)30-18/h11,13H,3-10,12H2,1-2H3,(H,24,25)/t13-/m0/s1. The molecule has 2 aliphatic rings. The van der Waals surface area contributed by atoms with Crippen LogP contribution >= 0.6 is 22.7 Å². The maximum Gasteiger partial charge on any atom is 0.348 e. The molecular weight excluding hydrogens is 434 g/mol. The number of rotatable bonds is 6. The molecule has 0 saturated heterocycles. The van der Waals surface area contributed by atoms with E-state index in [0.717, 1.165) is 55.4 Å². The highest BCUT2D eigenvalue weighted by Gasteiger charge is 2.29. The first-order valence-corrected chi connectivity index (χ1v) is 12.5. The van der Waals surface area contributed by atoms with Crippen LogP contribution in [0.5, 0.6) is 0 Å². The second-order valence-corrected chi connectivity index (χ2v) is 10.4. The molecule has 1 atom stereocenters. The summed E-state index contributed by atoms with van der Waals surface area (Å²) in [6.45, 7) is 3.84. The van der Waals surface area contributed by atoms with E-state index in [1.54, 1.807) is 6.92 Å². The third-order valence-corrected chi connectivity index (χ3v) is 8.16. The van der Waals surface area contributed by atoms with Crippen molar-refractivity contribution in [2.24, 2.45) is 5.92 Å². The van der Waals surface area contributed by atoms with E-state index in [-0.39, 0.29) is 13.2 Å². The lowest BCUT2D eigenvalue weighted by molar-refractivity contribution is -0.119. The quantitative estimate of drug-likeness (QED) is 0.626. The van der Waals surface area contributed by atoms with Gasteiger partial charge in [0.05, 0.1) is 12.2 Å². The normalized spacial score (nSPS) is 17.4. The van der Waals surface area contributed by atoms with Gasteiger partial charge in [-0.05, 0) is 75.0 Å². The summed E-state index contributed by atoms with van der Waals surface area (Å²) >= 11 is 2.89. The third kappa shape index (κ3) is 4.85. The predicted octanol–water partition coefficient (Wildman–Crippen LogP) is 4.79. The van der Waals surface area contributed by atoms with Gasteiger partial charge in [0.1, 0.15) is 9.88 Å². The van der Waals surface area contributed by atoms with Crippen LogP contribution in [0.25, 0.3) is 0 Å². The molecule has 0 aliphatic heterocycles. The minimum absolute atomic E-state index is 0.273. The molecule has 0 bridgehead atoms. The van der Waals surface area contributed by atoms with Crippen molar-refractivity contribution in [1.82, 2.24) is 0 Å². The Morgan fingerprint density at radius 3 is 2.65 bits per heavy atom. The van der Waals surface area contributed by atoms with Crippen molar-refractivity contribution < 1.29 is 23.9 Å². The Morgan fingerprint density at radius 2 is 1.87 bits per heavy atom. The first-order valence-electron chi connectivity index (χ1n) is 10.9. The highest BCUT2D eigenvalue weighted by molar-refractivity contribution is 7.17. The lowest BCUT2D eigenvalue weighted by atomic mass is 9.88. The minimum atomic E-state index is -0.473. The van der Waals surface area contributed by atoms with Crippen molar-refractivity contribution in [1.29, 1.82) is 0 Å². The lowest BCUT2D eigenvalue weighted by Crippen LogP contribution is -2.21. The second kappa shape index (κ2) is 9.53. The zero-order chi connectivity index (χ0) is 22.0. The predicted molar refractivity (Wildman–Crippen MR) is 121 cm³/mol. The number of nitrogens with one attached hydrogen (secondary N) is 1. The highest BCUT2D eigenvalue weighted by atomic mass is 32.1. The maximum absolute atomic E-state index is 12.6. The first-order chi connectivity index (χ1) is 15.0. The molecule has 0 radical (unpaired) electrons. The van der Waals surface area contributed by atoms with Crippen LogP contribution in [0.3, 0.4) is 0 Å². The SMILES string of the molecule is CCOC(=O)c1c(NC(=O)COC(=O)c2cc3c(s2)CCCC3)sc2c1CC[C@H](C)C2. The number of hydrogen-bond donors (Lipinski definition) is 1. The molecule has 31 heavy (non-hydrogen) atoms. The minimum Gasteiger partial charge on any atom is -0.462 e. The smallest absolute Gasteiger partial charge is 0.348 e. The van der Waals surface area contributed by atoms with Gasteiger partial charge in [0.15, 0.2) is 6.61 Å². The van der Waals surface area contributed by atoms with Crippen molar-refractivity contribution in [3.05, 3.63) is 37.4 Å². The molecule has 2 aromatic heterocycles. The summed E-state index contributed by atoms with van der Waals surface area (Å²) in [6.07, 6.45) is 7.00. The molecule has 1 N–H and O–H groups in total. The molecule has 2 heterocycles. The van der Waals surface area contributed by atoms with Gasteiger partial charge in [0.25, 0.3) is 5.91 Å².